The summed E-state index contributed by atoms with van der Waals surface area (Å²) >= 11 is 0. The average molecular weight is 373 g/mol. The van der Waals surface area contributed by atoms with Crippen molar-refractivity contribution >= 4 is 5.78 Å². The number of aromatic hydroxyl groups is 2. The van der Waals surface area contributed by atoms with Crippen LogP contribution in [0.15, 0.2) is 41.0 Å². The Bertz CT molecular complexity index is 759. The molecule has 0 saturated carbocycles. The van der Waals surface area contributed by atoms with Crippen LogP contribution in [-0.2, 0) is 6.42 Å². The lowest BCUT2D eigenvalue weighted by molar-refractivity contribution is 0.101. The van der Waals surface area contributed by atoms with E-state index in [1.165, 1.54) is 24.1 Å². The number of ether oxygens (including phenoxy) is 1. The highest BCUT2D eigenvalue weighted by Crippen LogP contribution is 2.39. The van der Waals surface area contributed by atoms with Crippen LogP contribution < -0.4 is 4.74 Å². The molecule has 0 aliphatic rings. The average Bonchev–Trinajstić information content (AvgIpc) is 2.52. The molecular formula is C23H32O4. The Morgan fingerprint density at radius 2 is 1.59 bits per heavy atom. The number of carbonyl (C=O) groups is 1. The van der Waals surface area contributed by atoms with E-state index in [9.17, 15) is 15.0 Å². The highest BCUT2D eigenvalue weighted by molar-refractivity contribution is 6.00. The van der Waals surface area contributed by atoms with Crippen molar-refractivity contribution in [1.29, 1.82) is 0 Å². The SMILES string of the molecule is CC(=O)c1c(O)cc(O)c(CC=C(C)C)c1OCC=C(C)CCC=C(C)C. The molecule has 0 aliphatic heterocycles. The van der Waals surface area contributed by atoms with Gasteiger partial charge in [0.15, 0.2) is 5.78 Å². The zero-order valence-corrected chi connectivity index (χ0v) is 17.3. The summed E-state index contributed by atoms with van der Waals surface area (Å²) in [6, 6.07) is 1.21. The zero-order valence-electron chi connectivity index (χ0n) is 17.3. The Balaban J connectivity index is 3.10. The van der Waals surface area contributed by atoms with Crippen molar-refractivity contribution in [3.63, 3.8) is 0 Å². The van der Waals surface area contributed by atoms with E-state index < -0.39 is 0 Å². The second-order valence-electron chi connectivity index (χ2n) is 7.32. The molecule has 0 saturated heterocycles. The largest absolute Gasteiger partial charge is 0.507 e. The van der Waals surface area contributed by atoms with Crippen LogP contribution in [0, 0.1) is 0 Å². The third-order valence-electron chi connectivity index (χ3n) is 4.16. The van der Waals surface area contributed by atoms with Gasteiger partial charge in [0.1, 0.15) is 29.4 Å². The minimum absolute atomic E-state index is 0.0748. The summed E-state index contributed by atoms with van der Waals surface area (Å²) in [5.41, 5.74) is 4.19. The van der Waals surface area contributed by atoms with Gasteiger partial charge >= 0.3 is 0 Å². The number of carbonyl (C=O) groups excluding carboxylic acids is 1. The third kappa shape index (κ3) is 7.33. The first-order valence-electron chi connectivity index (χ1n) is 9.27. The molecular weight excluding hydrogens is 340 g/mol. The Labute approximate surface area is 162 Å². The van der Waals surface area contributed by atoms with E-state index in [1.54, 1.807) is 0 Å². The topological polar surface area (TPSA) is 66.8 Å². The number of phenolic OH excluding ortho intramolecular Hbond substituents is 2. The van der Waals surface area contributed by atoms with Gasteiger partial charge in [0.2, 0.25) is 0 Å². The molecule has 0 fully saturated rings. The lowest BCUT2D eigenvalue weighted by atomic mass is 10.00. The molecule has 4 heteroatoms. The smallest absolute Gasteiger partial charge is 0.167 e. The Morgan fingerprint density at radius 1 is 0.963 bits per heavy atom. The molecule has 0 bridgehead atoms. The summed E-state index contributed by atoms with van der Waals surface area (Å²) in [6.45, 7) is 11.8. The summed E-state index contributed by atoms with van der Waals surface area (Å²) in [7, 11) is 0. The van der Waals surface area contributed by atoms with E-state index >= 15 is 0 Å². The maximum absolute atomic E-state index is 12.0. The molecule has 0 spiro atoms. The van der Waals surface area contributed by atoms with Crippen LogP contribution in [0.2, 0.25) is 0 Å². The lowest BCUT2D eigenvalue weighted by Gasteiger charge is -2.16. The predicted octanol–water partition coefficient (Wildman–Crippen LogP) is 5.88. The van der Waals surface area contributed by atoms with E-state index in [0.717, 1.165) is 18.4 Å². The van der Waals surface area contributed by atoms with Crippen LogP contribution in [0.3, 0.4) is 0 Å². The Hall–Kier alpha value is -2.49. The van der Waals surface area contributed by atoms with Gasteiger partial charge < -0.3 is 14.9 Å². The van der Waals surface area contributed by atoms with Gasteiger partial charge in [-0.05, 0) is 66.9 Å². The summed E-state index contributed by atoms with van der Waals surface area (Å²) < 4.78 is 5.86. The van der Waals surface area contributed by atoms with E-state index in [4.69, 9.17) is 4.74 Å². The van der Waals surface area contributed by atoms with Crippen molar-refractivity contribution < 1.29 is 19.7 Å². The van der Waals surface area contributed by atoms with E-state index in [1.807, 2.05) is 32.9 Å². The van der Waals surface area contributed by atoms with Crippen LogP contribution in [-0.4, -0.2) is 22.6 Å². The summed E-state index contributed by atoms with van der Waals surface area (Å²) in [5.74, 6) is -0.384. The van der Waals surface area contributed by atoms with Gasteiger partial charge in [-0.1, -0.05) is 28.9 Å². The molecule has 0 aliphatic carbocycles. The number of benzene rings is 1. The monoisotopic (exact) mass is 372 g/mol. The molecule has 0 heterocycles. The highest BCUT2D eigenvalue weighted by Gasteiger charge is 2.21. The van der Waals surface area contributed by atoms with Crippen LogP contribution >= 0.6 is 0 Å². The van der Waals surface area contributed by atoms with E-state index in [0.29, 0.717) is 12.0 Å². The van der Waals surface area contributed by atoms with Crippen molar-refractivity contribution in [2.75, 3.05) is 6.61 Å². The fourth-order valence-electron chi connectivity index (χ4n) is 2.63. The van der Waals surface area contributed by atoms with Gasteiger partial charge in [0, 0.05) is 11.6 Å². The minimum atomic E-state index is -0.301. The van der Waals surface area contributed by atoms with Crippen LogP contribution in [0.4, 0.5) is 0 Å². The number of Topliss-reactive ketones (excluding diaryl/α,β-unsaturated/α-hetero) is 1. The number of allylic oxidation sites excluding steroid dienone is 5. The van der Waals surface area contributed by atoms with Gasteiger partial charge in [-0.25, -0.2) is 0 Å². The van der Waals surface area contributed by atoms with Crippen molar-refractivity contribution in [3.8, 4) is 17.2 Å². The number of phenols is 2. The third-order valence-corrected chi connectivity index (χ3v) is 4.16. The van der Waals surface area contributed by atoms with Gasteiger partial charge in [-0.15, -0.1) is 0 Å². The number of hydrogen-bond acceptors (Lipinski definition) is 4. The van der Waals surface area contributed by atoms with Crippen molar-refractivity contribution in [2.24, 2.45) is 0 Å². The van der Waals surface area contributed by atoms with Crippen molar-refractivity contribution in [3.05, 3.63) is 52.1 Å². The molecule has 0 aromatic heterocycles. The maximum atomic E-state index is 12.0. The number of hydrogen-bond donors (Lipinski definition) is 2. The van der Waals surface area contributed by atoms with E-state index in [-0.39, 0.29) is 35.2 Å². The van der Waals surface area contributed by atoms with Crippen LogP contribution in [0.25, 0.3) is 0 Å². The molecule has 148 valence electrons. The number of rotatable bonds is 9. The van der Waals surface area contributed by atoms with Crippen molar-refractivity contribution in [2.45, 2.75) is 60.8 Å². The molecule has 0 atom stereocenters. The zero-order chi connectivity index (χ0) is 20.6. The second-order valence-corrected chi connectivity index (χ2v) is 7.32. The molecule has 1 aromatic carbocycles. The summed E-state index contributed by atoms with van der Waals surface area (Å²) in [4.78, 5) is 12.0. The fourth-order valence-corrected chi connectivity index (χ4v) is 2.63. The Kier molecular flexibility index (Phi) is 8.86. The van der Waals surface area contributed by atoms with Gasteiger partial charge in [0.25, 0.3) is 0 Å². The minimum Gasteiger partial charge on any atom is -0.507 e. The normalized spacial score (nSPS) is 11.1. The molecule has 27 heavy (non-hydrogen) atoms. The predicted molar refractivity (Wildman–Crippen MR) is 111 cm³/mol. The fraction of sp³-hybridized carbons (Fsp3) is 0.435. The van der Waals surface area contributed by atoms with Crippen molar-refractivity contribution in [1.82, 2.24) is 0 Å². The lowest BCUT2D eigenvalue weighted by Crippen LogP contribution is -2.06. The highest BCUT2D eigenvalue weighted by atomic mass is 16.5. The van der Waals surface area contributed by atoms with E-state index in [2.05, 4.69) is 19.9 Å². The molecule has 0 amide bonds. The van der Waals surface area contributed by atoms with Gasteiger partial charge in [-0.3, -0.25) is 4.79 Å². The summed E-state index contributed by atoms with van der Waals surface area (Å²) in [5, 5.41) is 20.4. The van der Waals surface area contributed by atoms with Crippen LogP contribution in [0.5, 0.6) is 17.2 Å². The first kappa shape index (κ1) is 22.6. The Morgan fingerprint density at radius 3 is 2.15 bits per heavy atom. The maximum Gasteiger partial charge on any atom is 0.167 e. The first-order chi connectivity index (χ1) is 12.6. The number of ketones is 1. The molecule has 0 radical (unpaired) electrons. The first-order valence-corrected chi connectivity index (χ1v) is 9.27. The molecule has 4 nitrogen and oxygen atoms in total. The summed E-state index contributed by atoms with van der Waals surface area (Å²) in [6.07, 6.45) is 8.44. The standard InChI is InChI=1S/C23H32O4/c1-15(2)8-7-9-17(5)12-13-27-23-19(11-10-16(3)4)20(25)14-21(26)22(23)18(6)24/h8,10,12,14,25-26H,7,9,11,13H2,1-6H3. The molecule has 1 aromatic rings. The quantitative estimate of drug-likeness (QED) is 0.419. The molecule has 2 N–H and O–H groups in total. The molecule has 1 rings (SSSR count). The van der Waals surface area contributed by atoms with Gasteiger partial charge in [0.05, 0.1) is 0 Å². The van der Waals surface area contributed by atoms with Gasteiger partial charge in [-0.2, -0.15) is 0 Å². The van der Waals surface area contributed by atoms with Crippen LogP contribution in [0.1, 0.15) is 70.3 Å². The second kappa shape index (κ2) is 10.6. The molecule has 0 unspecified atom stereocenters.